The molecular weight excluding hydrogens is 148 g/mol. The smallest absolute Gasteiger partial charge is 0.311 e. The van der Waals surface area contributed by atoms with Gasteiger partial charge in [0, 0.05) is 4.86 Å². The van der Waals surface area contributed by atoms with Crippen molar-refractivity contribution in [2.24, 2.45) is 11.8 Å². The summed E-state index contributed by atoms with van der Waals surface area (Å²) in [5.41, 5.74) is 0. The average molecular weight is 160 g/mol. The highest BCUT2D eigenvalue weighted by atomic mass is 32.1. The maximum Gasteiger partial charge on any atom is 0.311 e. The Morgan fingerprint density at radius 3 is 1.90 bits per heavy atom. The van der Waals surface area contributed by atoms with Gasteiger partial charge in [-0.1, -0.05) is 26.1 Å². The summed E-state index contributed by atoms with van der Waals surface area (Å²) in [5.74, 6) is -1.19. The van der Waals surface area contributed by atoms with E-state index in [2.05, 4.69) is 0 Å². The molecule has 0 aromatic heterocycles. The minimum absolute atomic E-state index is 0.0926. The minimum atomic E-state index is -0.817. The second kappa shape index (κ2) is 3.66. The molecule has 0 aromatic rings. The Morgan fingerprint density at radius 2 is 1.90 bits per heavy atom. The number of aliphatic carboxylic acids is 1. The minimum Gasteiger partial charge on any atom is -0.481 e. The summed E-state index contributed by atoms with van der Waals surface area (Å²) in [7, 11) is 0. The van der Waals surface area contributed by atoms with Crippen molar-refractivity contribution in [3.63, 3.8) is 0 Å². The first-order valence-corrected chi connectivity index (χ1v) is 3.61. The number of carbonyl (C=O) groups is 1. The molecule has 2 nitrogen and oxygen atoms in total. The number of rotatable bonds is 3. The maximum absolute atomic E-state index is 10.5. The largest absolute Gasteiger partial charge is 0.481 e. The van der Waals surface area contributed by atoms with Crippen LogP contribution in [-0.4, -0.2) is 15.9 Å². The summed E-state index contributed by atoms with van der Waals surface area (Å²) in [6, 6.07) is 0. The molecule has 0 aliphatic heterocycles. The third-order valence-corrected chi connectivity index (χ3v) is 1.62. The first-order chi connectivity index (χ1) is 4.46. The van der Waals surface area contributed by atoms with Gasteiger partial charge < -0.3 is 5.11 Å². The highest BCUT2D eigenvalue weighted by Gasteiger charge is 2.22. The molecule has 10 heavy (non-hydrogen) atoms. The zero-order chi connectivity index (χ0) is 8.31. The molecular formula is C7H12O2S. The lowest BCUT2D eigenvalue weighted by Crippen LogP contribution is -2.25. The molecule has 0 aliphatic carbocycles. The van der Waals surface area contributed by atoms with Gasteiger partial charge in [0.1, 0.15) is 0 Å². The molecule has 1 unspecified atom stereocenters. The van der Waals surface area contributed by atoms with Crippen LogP contribution >= 0.6 is 12.2 Å². The van der Waals surface area contributed by atoms with E-state index in [-0.39, 0.29) is 5.92 Å². The van der Waals surface area contributed by atoms with Gasteiger partial charge in [0.15, 0.2) is 0 Å². The molecule has 0 bridgehead atoms. The Bertz CT molecular complexity index is 138. The van der Waals surface area contributed by atoms with Gasteiger partial charge in [0.25, 0.3) is 0 Å². The third kappa shape index (κ3) is 2.43. The summed E-state index contributed by atoms with van der Waals surface area (Å²) in [6.45, 7) is 5.39. The predicted molar refractivity (Wildman–Crippen MR) is 44.2 cm³/mol. The third-order valence-electron chi connectivity index (χ3n) is 1.37. The molecule has 0 fully saturated rings. The van der Waals surface area contributed by atoms with E-state index < -0.39 is 11.9 Å². The second-order valence-electron chi connectivity index (χ2n) is 2.67. The molecule has 0 aromatic carbocycles. The molecule has 0 saturated heterocycles. The van der Waals surface area contributed by atoms with Crippen LogP contribution in [0, 0.1) is 11.8 Å². The van der Waals surface area contributed by atoms with E-state index >= 15 is 0 Å². The van der Waals surface area contributed by atoms with E-state index in [1.807, 2.05) is 13.8 Å². The van der Waals surface area contributed by atoms with Crippen LogP contribution in [0.3, 0.4) is 0 Å². The molecule has 0 amide bonds. The van der Waals surface area contributed by atoms with Gasteiger partial charge in [0.2, 0.25) is 0 Å². The van der Waals surface area contributed by atoms with Crippen molar-refractivity contribution in [3.05, 3.63) is 0 Å². The summed E-state index contributed by atoms with van der Waals surface area (Å²) in [6.07, 6.45) is 0. The van der Waals surface area contributed by atoms with E-state index in [0.29, 0.717) is 4.86 Å². The highest BCUT2D eigenvalue weighted by molar-refractivity contribution is 7.80. The Kier molecular flexibility index (Phi) is 3.50. The van der Waals surface area contributed by atoms with Crippen molar-refractivity contribution >= 4 is 23.1 Å². The fraction of sp³-hybridized carbons (Fsp3) is 0.714. The number of thiocarbonyl (C=S) groups is 1. The lowest BCUT2D eigenvalue weighted by atomic mass is 9.93. The molecule has 0 heterocycles. The SMILES string of the molecule is CC(=S)C(C(=O)O)C(C)C. The molecule has 0 saturated carbocycles. The van der Waals surface area contributed by atoms with Gasteiger partial charge in [-0.2, -0.15) is 0 Å². The van der Waals surface area contributed by atoms with Crippen LogP contribution in [0.1, 0.15) is 20.8 Å². The monoisotopic (exact) mass is 160 g/mol. The first-order valence-electron chi connectivity index (χ1n) is 3.20. The number of carboxylic acid groups (broad SMARTS) is 1. The number of carboxylic acids is 1. The van der Waals surface area contributed by atoms with E-state index in [4.69, 9.17) is 17.3 Å². The zero-order valence-electron chi connectivity index (χ0n) is 6.42. The van der Waals surface area contributed by atoms with Crippen molar-refractivity contribution in [2.75, 3.05) is 0 Å². The number of hydrogen-bond donors (Lipinski definition) is 1. The van der Waals surface area contributed by atoms with Crippen LogP contribution in [0.15, 0.2) is 0 Å². The van der Waals surface area contributed by atoms with E-state index in [1.54, 1.807) is 6.92 Å². The van der Waals surface area contributed by atoms with Crippen molar-refractivity contribution in [1.29, 1.82) is 0 Å². The van der Waals surface area contributed by atoms with Gasteiger partial charge in [0.05, 0.1) is 5.92 Å². The standard InChI is InChI=1S/C7H12O2S/c1-4(2)6(5(3)10)7(8)9/h4,6H,1-3H3,(H,8,9). The second-order valence-corrected chi connectivity index (χ2v) is 3.31. The fourth-order valence-electron chi connectivity index (χ4n) is 0.928. The van der Waals surface area contributed by atoms with Crippen LogP contribution in [0.5, 0.6) is 0 Å². The highest BCUT2D eigenvalue weighted by Crippen LogP contribution is 2.12. The zero-order valence-corrected chi connectivity index (χ0v) is 7.23. The molecule has 0 aliphatic rings. The van der Waals surface area contributed by atoms with Gasteiger partial charge in [-0.15, -0.1) is 0 Å². The quantitative estimate of drug-likeness (QED) is 0.639. The summed E-state index contributed by atoms with van der Waals surface area (Å²) in [4.78, 5) is 11.1. The Labute approximate surface area is 66.2 Å². The van der Waals surface area contributed by atoms with E-state index in [1.165, 1.54) is 0 Å². The Hall–Kier alpha value is -0.440. The molecule has 0 spiro atoms. The summed E-state index contributed by atoms with van der Waals surface area (Å²) in [5, 5.41) is 8.63. The number of hydrogen-bond acceptors (Lipinski definition) is 2. The molecule has 1 atom stereocenters. The Morgan fingerprint density at radius 1 is 1.50 bits per heavy atom. The summed E-state index contributed by atoms with van der Waals surface area (Å²) < 4.78 is 0. The van der Waals surface area contributed by atoms with Crippen LogP contribution in [0.4, 0.5) is 0 Å². The topological polar surface area (TPSA) is 37.3 Å². The van der Waals surface area contributed by atoms with E-state index in [0.717, 1.165) is 0 Å². The van der Waals surface area contributed by atoms with E-state index in [9.17, 15) is 4.79 Å². The molecule has 58 valence electrons. The van der Waals surface area contributed by atoms with Gasteiger partial charge >= 0.3 is 5.97 Å². The molecule has 1 N–H and O–H groups in total. The van der Waals surface area contributed by atoms with Gasteiger partial charge in [-0.05, 0) is 12.8 Å². The van der Waals surface area contributed by atoms with Crippen LogP contribution < -0.4 is 0 Å². The van der Waals surface area contributed by atoms with Crippen LogP contribution in [0.2, 0.25) is 0 Å². The predicted octanol–water partition coefficient (Wildman–Crippen LogP) is 1.73. The van der Waals surface area contributed by atoms with Crippen LogP contribution in [-0.2, 0) is 4.79 Å². The van der Waals surface area contributed by atoms with Gasteiger partial charge in [-0.3, -0.25) is 4.79 Å². The first kappa shape index (κ1) is 9.56. The summed E-state index contributed by atoms with van der Waals surface area (Å²) >= 11 is 4.79. The average Bonchev–Trinajstić information content (AvgIpc) is 1.59. The van der Waals surface area contributed by atoms with Gasteiger partial charge in [-0.25, -0.2) is 0 Å². The lowest BCUT2D eigenvalue weighted by Gasteiger charge is -2.13. The molecule has 0 rings (SSSR count). The van der Waals surface area contributed by atoms with Crippen molar-refractivity contribution in [2.45, 2.75) is 20.8 Å². The fourth-order valence-corrected chi connectivity index (χ4v) is 1.30. The van der Waals surface area contributed by atoms with Crippen LogP contribution in [0.25, 0.3) is 0 Å². The maximum atomic E-state index is 10.5. The van der Waals surface area contributed by atoms with Crippen molar-refractivity contribution < 1.29 is 9.90 Å². The lowest BCUT2D eigenvalue weighted by molar-refractivity contribution is -0.140. The molecule has 0 radical (unpaired) electrons. The Balaban J connectivity index is 4.27. The normalized spacial score (nSPS) is 13.2. The van der Waals surface area contributed by atoms with Crippen molar-refractivity contribution in [3.8, 4) is 0 Å². The van der Waals surface area contributed by atoms with Crippen molar-refractivity contribution in [1.82, 2.24) is 0 Å². The molecule has 3 heteroatoms.